The van der Waals surface area contributed by atoms with Gasteiger partial charge in [0.1, 0.15) is 0 Å². The molecule has 0 fully saturated rings. The molecule has 0 atom stereocenters. The van der Waals surface area contributed by atoms with Crippen molar-refractivity contribution < 1.29 is 23.1 Å². The van der Waals surface area contributed by atoms with E-state index in [0.717, 1.165) is 6.07 Å². The summed E-state index contributed by atoms with van der Waals surface area (Å²) in [6.07, 6.45) is -4.51. The van der Waals surface area contributed by atoms with Gasteiger partial charge in [0.05, 0.1) is 21.3 Å². The summed E-state index contributed by atoms with van der Waals surface area (Å²) < 4.78 is 37.9. The van der Waals surface area contributed by atoms with Gasteiger partial charge in [-0.1, -0.05) is 6.92 Å². The average Bonchev–Trinajstić information content (AvgIpc) is 2.19. The quantitative estimate of drug-likeness (QED) is 0.824. The molecule has 3 N–H and O–H groups in total. The topological polar surface area (TPSA) is 63.3 Å². The Bertz CT molecular complexity index is 472. The number of nitrogens with two attached hydrogens (primary N) is 1. The van der Waals surface area contributed by atoms with Crippen molar-refractivity contribution in [2.45, 2.75) is 19.5 Å². The van der Waals surface area contributed by atoms with E-state index in [-0.39, 0.29) is 17.5 Å². The van der Waals surface area contributed by atoms with Gasteiger partial charge in [0.25, 0.3) is 0 Å². The van der Waals surface area contributed by atoms with Crippen LogP contribution in [0, 0.1) is 0 Å². The van der Waals surface area contributed by atoms with Crippen molar-refractivity contribution in [3.05, 3.63) is 27.2 Å². The predicted molar refractivity (Wildman–Crippen MR) is 59.9 cm³/mol. The van der Waals surface area contributed by atoms with E-state index in [0.29, 0.717) is 0 Å². The van der Waals surface area contributed by atoms with Crippen LogP contribution in [0.3, 0.4) is 0 Å². The standard InChI is InChI=1S/C10H9BrF3NO2/c1-2-4-3-5(9(16)17)8(15)7(11)6(4)10(12,13)14/h3H,2,15H2,1H3,(H,16,17). The van der Waals surface area contributed by atoms with E-state index in [4.69, 9.17) is 10.8 Å². The van der Waals surface area contributed by atoms with Crippen molar-refractivity contribution in [2.24, 2.45) is 0 Å². The molecule has 0 spiro atoms. The highest BCUT2D eigenvalue weighted by atomic mass is 79.9. The molecule has 0 saturated carbocycles. The molecule has 0 aromatic heterocycles. The van der Waals surface area contributed by atoms with Gasteiger partial charge in [-0.2, -0.15) is 13.2 Å². The number of carbonyl (C=O) groups is 1. The third-order valence-electron chi connectivity index (χ3n) is 2.28. The lowest BCUT2D eigenvalue weighted by atomic mass is 9.99. The van der Waals surface area contributed by atoms with Gasteiger partial charge in [-0.15, -0.1) is 0 Å². The predicted octanol–water partition coefficient (Wildman–Crippen LogP) is 3.31. The first kappa shape index (κ1) is 13.8. The lowest BCUT2D eigenvalue weighted by Crippen LogP contribution is -2.14. The molecular weight excluding hydrogens is 303 g/mol. The number of alkyl halides is 3. The van der Waals surface area contributed by atoms with Crippen LogP contribution in [-0.4, -0.2) is 11.1 Å². The van der Waals surface area contributed by atoms with Gasteiger partial charge in [0.2, 0.25) is 0 Å². The number of benzene rings is 1. The normalized spacial score (nSPS) is 11.6. The maximum absolute atomic E-state index is 12.8. The third kappa shape index (κ3) is 2.54. The molecule has 0 bridgehead atoms. The molecule has 1 aromatic rings. The zero-order valence-electron chi connectivity index (χ0n) is 8.73. The number of rotatable bonds is 2. The molecule has 0 saturated heterocycles. The second-order valence-corrected chi connectivity index (χ2v) is 4.14. The number of nitrogen functional groups attached to an aromatic ring is 1. The minimum atomic E-state index is -4.57. The van der Waals surface area contributed by atoms with E-state index in [1.54, 1.807) is 0 Å². The van der Waals surface area contributed by atoms with Crippen LogP contribution >= 0.6 is 15.9 Å². The van der Waals surface area contributed by atoms with E-state index in [1.165, 1.54) is 6.92 Å². The number of hydrogen-bond acceptors (Lipinski definition) is 2. The Balaban J connectivity index is 3.64. The summed E-state index contributed by atoms with van der Waals surface area (Å²) in [6.45, 7) is 1.51. The summed E-state index contributed by atoms with van der Waals surface area (Å²) in [5.74, 6) is -1.35. The number of aryl methyl sites for hydroxylation is 1. The first-order chi connectivity index (χ1) is 7.70. The van der Waals surface area contributed by atoms with E-state index in [9.17, 15) is 18.0 Å². The average molecular weight is 312 g/mol. The minimum Gasteiger partial charge on any atom is -0.478 e. The zero-order chi connectivity index (χ0) is 13.4. The number of carboxylic acids is 1. The Morgan fingerprint density at radius 3 is 2.41 bits per heavy atom. The van der Waals surface area contributed by atoms with Crippen LogP contribution in [0.2, 0.25) is 0 Å². The highest BCUT2D eigenvalue weighted by Crippen LogP contribution is 2.41. The van der Waals surface area contributed by atoms with Crippen molar-refractivity contribution in [2.75, 3.05) is 5.73 Å². The Morgan fingerprint density at radius 2 is 2.06 bits per heavy atom. The van der Waals surface area contributed by atoms with Crippen molar-refractivity contribution >= 4 is 27.6 Å². The molecule has 0 aliphatic carbocycles. The molecule has 7 heteroatoms. The van der Waals surface area contributed by atoms with Crippen LogP contribution in [0.25, 0.3) is 0 Å². The van der Waals surface area contributed by atoms with Crippen LogP contribution in [0.1, 0.15) is 28.4 Å². The van der Waals surface area contributed by atoms with Gasteiger partial charge in [-0.05, 0) is 34.0 Å². The molecule has 0 aliphatic rings. The van der Waals surface area contributed by atoms with E-state index < -0.39 is 27.9 Å². The van der Waals surface area contributed by atoms with Crippen LogP contribution in [0.4, 0.5) is 18.9 Å². The van der Waals surface area contributed by atoms with Gasteiger partial charge in [0, 0.05) is 0 Å². The fourth-order valence-corrected chi connectivity index (χ4v) is 2.17. The maximum atomic E-state index is 12.8. The van der Waals surface area contributed by atoms with Crippen molar-refractivity contribution in [3.63, 3.8) is 0 Å². The molecule has 0 heterocycles. The third-order valence-corrected chi connectivity index (χ3v) is 3.10. The first-order valence-electron chi connectivity index (χ1n) is 4.61. The Hall–Kier alpha value is -1.24. The summed E-state index contributed by atoms with van der Waals surface area (Å²) in [6, 6.07) is 0.964. The molecule has 1 aromatic carbocycles. The largest absolute Gasteiger partial charge is 0.478 e. The smallest absolute Gasteiger partial charge is 0.417 e. The zero-order valence-corrected chi connectivity index (χ0v) is 10.3. The van der Waals surface area contributed by atoms with Crippen molar-refractivity contribution in [3.8, 4) is 0 Å². The molecule has 0 unspecified atom stereocenters. The minimum absolute atomic E-state index is 0.0635. The van der Waals surface area contributed by atoms with Crippen molar-refractivity contribution in [1.82, 2.24) is 0 Å². The highest BCUT2D eigenvalue weighted by molar-refractivity contribution is 9.10. The Kier molecular flexibility index (Phi) is 3.71. The summed E-state index contributed by atoms with van der Waals surface area (Å²) in [4.78, 5) is 10.8. The molecule has 0 aliphatic heterocycles. The molecule has 3 nitrogen and oxygen atoms in total. The molecule has 1 rings (SSSR count). The molecular formula is C10H9BrF3NO2. The number of aromatic carboxylic acids is 1. The molecule has 0 radical (unpaired) electrons. The van der Waals surface area contributed by atoms with Crippen molar-refractivity contribution in [1.29, 1.82) is 0 Å². The second-order valence-electron chi connectivity index (χ2n) is 3.34. The van der Waals surface area contributed by atoms with Gasteiger partial charge >= 0.3 is 12.1 Å². The van der Waals surface area contributed by atoms with Crippen LogP contribution in [0.15, 0.2) is 10.5 Å². The van der Waals surface area contributed by atoms with Gasteiger partial charge in [-0.3, -0.25) is 0 Å². The first-order valence-corrected chi connectivity index (χ1v) is 5.40. The molecule has 94 valence electrons. The summed E-state index contributed by atoms with van der Waals surface area (Å²) >= 11 is 2.72. The Morgan fingerprint density at radius 1 is 1.53 bits per heavy atom. The van der Waals surface area contributed by atoms with Gasteiger partial charge in [-0.25, -0.2) is 4.79 Å². The highest BCUT2D eigenvalue weighted by Gasteiger charge is 2.37. The van der Waals surface area contributed by atoms with Crippen LogP contribution in [0.5, 0.6) is 0 Å². The van der Waals surface area contributed by atoms with Crippen LogP contribution in [-0.2, 0) is 12.6 Å². The monoisotopic (exact) mass is 311 g/mol. The van der Waals surface area contributed by atoms with Gasteiger partial charge < -0.3 is 10.8 Å². The van der Waals surface area contributed by atoms with Gasteiger partial charge in [0.15, 0.2) is 0 Å². The number of hydrogen-bond donors (Lipinski definition) is 2. The lowest BCUT2D eigenvalue weighted by Gasteiger charge is -2.17. The van der Waals surface area contributed by atoms with Crippen LogP contribution < -0.4 is 5.73 Å². The SMILES string of the molecule is CCc1cc(C(=O)O)c(N)c(Br)c1C(F)(F)F. The Labute approximate surface area is 104 Å². The maximum Gasteiger partial charge on any atom is 0.417 e. The van der Waals surface area contributed by atoms with E-state index in [1.807, 2.05) is 0 Å². The summed E-state index contributed by atoms with van der Waals surface area (Å²) in [7, 11) is 0. The number of carboxylic acid groups (broad SMARTS) is 1. The number of halogens is 4. The molecule has 17 heavy (non-hydrogen) atoms. The van der Waals surface area contributed by atoms with E-state index in [2.05, 4.69) is 15.9 Å². The second kappa shape index (κ2) is 4.56. The fraction of sp³-hybridized carbons (Fsp3) is 0.300. The van der Waals surface area contributed by atoms with E-state index >= 15 is 0 Å². The number of anilines is 1. The summed E-state index contributed by atoms with van der Waals surface area (Å²) in [5, 5.41) is 8.82. The fourth-order valence-electron chi connectivity index (χ4n) is 1.48. The summed E-state index contributed by atoms with van der Waals surface area (Å²) in [5.41, 5.74) is 3.62. The lowest BCUT2D eigenvalue weighted by molar-refractivity contribution is -0.138. The molecule has 0 amide bonds.